The third-order valence-corrected chi connectivity index (χ3v) is 6.20. The topological polar surface area (TPSA) is 66.5 Å². The molecule has 3 rings (SSSR count). The van der Waals surface area contributed by atoms with Crippen molar-refractivity contribution in [3.63, 3.8) is 0 Å². The Morgan fingerprint density at radius 2 is 1.85 bits per heavy atom. The van der Waals surface area contributed by atoms with Gasteiger partial charge in [-0.25, -0.2) is 17.2 Å². The van der Waals surface area contributed by atoms with E-state index in [-0.39, 0.29) is 18.0 Å². The minimum atomic E-state index is -3.89. The molecule has 26 heavy (non-hydrogen) atoms. The highest BCUT2D eigenvalue weighted by Crippen LogP contribution is 2.26. The Balaban J connectivity index is 1.72. The lowest BCUT2D eigenvalue weighted by molar-refractivity contribution is -0.124. The van der Waals surface area contributed by atoms with Crippen molar-refractivity contribution < 1.29 is 22.0 Å². The summed E-state index contributed by atoms with van der Waals surface area (Å²) >= 11 is 0. The number of carbonyl (C=O) groups is 1. The van der Waals surface area contributed by atoms with Crippen LogP contribution in [0.15, 0.2) is 53.4 Å². The van der Waals surface area contributed by atoms with E-state index in [1.54, 1.807) is 6.07 Å². The first kappa shape index (κ1) is 18.5. The predicted octanol–water partition coefficient (Wildman–Crippen LogP) is 2.43. The van der Waals surface area contributed by atoms with Crippen molar-refractivity contribution >= 4 is 15.9 Å². The van der Waals surface area contributed by atoms with Crippen molar-refractivity contribution in [1.82, 2.24) is 9.62 Å². The molecule has 2 aromatic carbocycles. The van der Waals surface area contributed by atoms with E-state index in [9.17, 15) is 22.0 Å². The van der Waals surface area contributed by atoms with Gasteiger partial charge in [0, 0.05) is 13.1 Å². The number of benzene rings is 2. The lowest BCUT2D eigenvalue weighted by Crippen LogP contribution is -2.45. The average molecular weight is 380 g/mol. The summed E-state index contributed by atoms with van der Waals surface area (Å²) in [5.74, 6) is -1.37. The molecule has 0 saturated carbocycles. The van der Waals surface area contributed by atoms with Crippen molar-refractivity contribution in [1.29, 1.82) is 0 Å². The van der Waals surface area contributed by atoms with Crippen LogP contribution in [0.1, 0.15) is 18.4 Å². The molecule has 2 aromatic rings. The maximum absolute atomic E-state index is 13.2. The van der Waals surface area contributed by atoms with Gasteiger partial charge in [0.15, 0.2) is 0 Å². The number of nitrogens with one attached hydrogen (secondary N) is 1. The third kappa shape index (κ3) is 3.91. The molecule has 0 aromatic heterocycles. The Morgan fingerprint density at radius 1 is 1.12 bits per heavy atom. The second-order valence-electron chi connectivity index (χ2n) is 6.08. The van der Waals surface area contributed by atoms with Gasteiger partial charge in [-0.15, -0.1) is 0 Å². The Hall–Kier alpha value is -2.32. The summed E-state index contributed by atoms with van der Waals surface area (Å²) in [5, 5.41) is 2.66. The number of halogens is 2. The number of hydrogen-bond acceptors (Lipinski definition) is 3. The summed E-state index contributed by atoms with van der Waals surface area (Å²) in [5.41, 5.74) is 0.587. The van der Waals surface area contributed by atoms with Crippen molar-refractivity contribution in [2.45, 2.75) is 30.3 Å². The monoisotopic (exact) mass is 380 g/mol. The van der Waals surface area contributed by atoms with Crippen LogP contribution in [0.5, 0.6) is 0 Å². The summed E-state index contributed by atoms with van der Waals surface area (Å²) in [6.45, 7) is 0.329. The fourth-order valence-corrected chi connectivity index (χ4v) is 4.64. The summed E-state index contributed by atoms with van der Waals surface area (Å²) < 4.78 is 52.9. The highest BCUT2D eigenvalue weighted by Gasteiger charge is 2.39. The number of carbonyl (C=O) groups excluding carboxylic acids is 1. The summed E-state index contributed by atoms with van der Waals surface area (Å²) in [7, 11) is -3.89. The van der Waals surface area contributed by atoms with Crippen molar-refractivity contribution in [3.8, 4) is 0 Å². The van der Waals surface area contributed by atoms with E-state index < -0.39 is 33.6 Å². The molecular formula is C18H18F2N2O3S. The molecule has 1 atom stereocenters. The first-order valence-electron chi connectivity index (χ1n) is 8.17. The number of sulfonamides is 1. The van der Waals surface area contributed by atoms with Crippen molar-refractivity contribution in [3.05, 3.63) is 65.7 Å². The Morgan fingerprint density at radius 3 is 2.54 bits per heavy atom. The molecule has 0 unspecified atom stereocenters. The Labute approximate surface area is 150 Å². The molecule has 8 heteroatoms. The SMILES string of the molecule is O=C(NCc1cccc(F)c1)[C@@H]1CCCN1S(=O)(=O)c1ccc(F)cc1. The quantitative estimate of drug-likeness (QED) is 0.866. The van der Waals surface area contributed by atoms with Crippen molar-refractivity contribution in [2.24, 2.45) is 0 Å². The van der Waals surface area contributed by atoms with Gasteiger partial charge >= 0.3 is 0 Å². The summed E-state index contributed by atoms with van der Waals surface area (Å²) in [6, 6.07) is 9.50. The summed E-state index contributed by atoms with van der Waals surface area (Å²) in [4.78, 5) is 12.4. The van der Waals surface area contributed by atoms with Gasteiger partial charge in [0.1, 0.15) is 17.7 Å². The van der Waals surface area contributed by atoms with E-state index in [1.165, 1.54) is 30.3 Å². The zero-order valence-corrected chi connectivity index (χ0v) is 14.7. The Kier molecular flexibility index (Phi) is 5.33. The van der Waals surface area contributed by atoms with Crippen LogP contribution in [0.4, 0.5) is 8.78 Å². The van der Waals surface area contributed by atoms with E-state index in [1.807, 2.05) is 0 Å². The van der Waals surface area contributed by atoms with Crippen LogP contribution in [-0.4, -0.2) is 31.2 Å². The van der Waals surface area contributed by atoms with Gasteiger partial charge in [-0.1, -0.05) is 12.1 Å². The molecule has 0 radical (unpaired) electrons. The fourth-order valence-electron chi connectivity index (χ4n) is 2.99. The normalized spacial score (nSPS) is 18.0. The third-order valence-electron chi connectivity index (χ3n) is 4.28. The van der Waals surface area contributed by atoms with E-state index in [0.29, 0.717) is 18.4 Å². The van der Waals surface area contributed by atoms with E-state index in [0.717, 1.165) is 16.4 Å². The molecule has 138 valence electrons. The number of nitrogens with zero attached hydrogens (tertiary/aromatic N) is 1. The van der Waals surface area contributed by atoms with Gasteiger partial charge in [-0.3, -0.25) is 4.79 Å². The van der Waals surface area contributed by atoms with E-state index >= 15 is 0 Å². The van der Waals surface area contributed by atoms with Gasteiger partial charge < -0.3 is 5.32 Å². The number of rotatable bonds is 5. The standard InChI is InChI=1S/C18H18F2N2O3S/c19-14-6-8-16(9-7-14)26(24,25)22-10-2-5-17(22)18(23)21-12-13-3-1-4-15(20)11-13/h1,3-4,6-9,11,17H,2,5,10,12H2,(H,21,23)/t17-/m0/s1. The fraction of sp³-hybridized carbons (Fsp3) is 0.278. The molecule has 0 aliphatic carbocycles. The molecule has 1 saturated heterocycles. The van der Waals surface area contributed by atoms with Crippen LogP contribution in [0.3, 0.4) is 0 Å². The molecule has 1 amide bonds. The molecule has 0 spiro atoms. The zero-order chi connectivity index (χ0) is 18.7. The van der Waals surface area contributed by atoms with Crippen LogP contribution in [0.25, 0.3) is 0 Å². The minimum Gasteiger partial charge on any atom is -0.351 e. The maximum Gasteiger partial charge on any atom is 0.243 e. The van der Waals surface area contributed by atoms with Crippen LogP contribution in [-0.2, 0) is 21.4 Å². The molecule has 1 aliphatic rings. The molecule has 1 fully saturated rings. The molecule has 1 aliphatic heterocycles. The predicted molar refractivity (Wildman–Crippen MR) is 91.6 cm³/mol. The van der Waals surface area contributed by atoms with Gasteiger partial charge in [0.25, 0.3) is 0 Å². The number of amides is 1. The smallest absolute Gasteiger partial charge is 0.243 e. The minimum absolute atomic E-state index is 0.0521. The van der Waals surface area contributed by atoms with Gasteiger partial charge in [-0.05, 0) is 54.8 Å². The van der Waals surface area contributed by atoms with Crippen LogP contribution in [0, 0.1) is 11.6 Å². The maximum atomic E-state index is 13.2. The first-order chi connectivity index (χ1) is 12.4. The van der Waals surface area contributed by atoms with Crippen molar-refractivity contribution in [2.75, 3.05) is 6.54 Å². The highest BCUT2D eigenvalue weighted by molar-refractivity contribution is 7.89. The Bertz CT molecular complexity index is 901. The highest BCUT2D eigenvalue weighted by atomic mass is 32.2. The zero-order valence-electron chi connectivity index (χ0n) is 13.9. The molecule has 0 bridgehead atoms. The molecule has 1 heterocycles. The summed E-state index contributed by atoms with van der Waals surface area (Å²) in [6.07, 6.45) is 0.952. The van der Waals surface area contributed by atoms with Crippen LogP contribution in [0.2, 0.25) is 0 Å². The average Bonchev–Trinajstić information content (AvgIpc) is 3.11. The van der Waals surface area contributed by atoms with Gasteiger partial charge in [0.2, 0.25) is 15.9 Å². The molecule has 5 nitrogen and oxygen atoms in total. The van der Waals surface area contributed by atoms with E-state index in [4.69, 9.17) is 0 Å². The van der Waals surface area contributed by atoms with E-state index in [2.05, 4.69) is 5.32 Å². The second kappa shape index (κ2) is 7.51. The lowest BCUT2D eigenvalue weighted by Gasteiger charge is -2.23. The second-order valence-corrected chi connectivity index (χ2v) is 7.97. The van der Waals surface area contributed by atoms with Crippen LogP contribution >= 0.6 is 0 Å². The van der Waals surface area contributed by atoms with Gasteiger partial charge in [-0.2, -0.15) is 4.31 Å². The number of hydrogen-bond donors (Lipinski definition) is 1. The van der Waals surface area contributed by atoms with Gasteiger partial charge in [0.05, 0.1) is 4.90 Å². The van der Waals surface area contributed by atoms with Crippen LogP contribution < -0.4 is 5.32 Å². The molecular weight excluding hydrogens is 362 g/mol. The largest absolute Gasteiger partial charge is 0.351 e. The molecule has 1 N–H and O–H groups in total. The lowest BCUT2D eigenvalue weighted by atomic mass is 10.2. The first-order valence-corrected chi connectivity index (χ1v) is 9.61.